The molecule has 0 radical (unpaired) electrons. The summed E-state index contributed by atoms with van der Waals surface area (Å²) in [7, 11) is 1.52. The Kier molecular flexibility index (Phi) is 6.67. The molecule has 2 aromatic heterocycles. The van der Waals surface area contributed by atoms with Crippen molar-refractivity contribution in [1.82, 2.24) is 19.7 Å². The summed E-state index contributed by atoms with van der Waals surface area (Å²) < 4.78 is 57.2. The molecule has 0 bridgehead atoms. The topological polar surface area (TPSA) is 98.9 Å². The van der Waals surface area contributed by atoms with E-state index in [0.29, 0.717) is 30.2 Å². The molecule has 2 fully saturated rings. The number of carbonyl (C=O) groups is 1. The van der Waals surface area contributed by atoms with Crippen molar-refractivity contribution in [1.29, 1.82) is 0 Å². The number of piperidine rings is 1. The van der Waals surface area contributed by atoms with Gasteiger partial charge in [0.2, 0.25) is 6.10 Å². The summed E-state index contributed by atoms with van der Waals surface area (Å²) in [5.41, 5.74) is 1.50. The first-order valence-corrected chi connectivity index (χ1v) is 11.7. The Labute approximate surface area is 210 Å². The Bertz CT molecular complexity index is 1220. The van der Waals surface area contributed by atoms with Gasteiger partial charge in [-0.1, -0.05) is 12.1 Å². The number of amides is 1. The number of benzene rings is 1. The van der Waals surface area contributed by atoms with Gasteiger partial charge < -0.3 is 24.2 Å². The first kappa shape index (κ1) is 24.9. The standard InChI is InChI=1S/C25H25F3N4O5/c1-35-17-5-2-15(3-6-17)13-36-14-21(25(26,27)28)37-24(34)31-11-18-19(12-31)23(18)20-8-9-32(30-20)22-7-4-16(33)10-29-22/h2-10,18-19,21,23,33H,11-14H2,1H3/t18-,19+,21-,23?/m1/s1. The maximum absolute atomic E-state index is 13.5. The maximum atomic E-state index is 13.5. The molecule has 1 aliphatic heterocycles. The van der Waals surface area contributed by atoms with E-state index in [-0.39, 0.29) is 30.1 Å². The van der Waals surface area contributed by atoms with Crippen LogP contribution in [-0.4, -0.2) is 70.0 Å². The lowest BCUT2D eigenvalue weighted by molar-refractivity contribution is -0.219. The fourth-order valence-electron chi connectivity index (χ4n) is 4.67. The lowest BCUT2D eigenvalue weighted by atomic mass is 10.2. The summed E-state index contributed by atoms with van der Waals surface area (Å²) >= 11 is 0. The van der Waals surface area contributed by atoms with Gasteiger partial charge in [-0.2, -0.15) is 18.3 Å². The van der Waals surface area contributed by atoms with Crippen LogP contribution in [0.5, 0.6) is 11.5 Å². The molecule has 5 rings (SSSR count). The van der Waals surface area contributed by atoms with E-state index in [1.54, 1.807) is 41.2 Å². The zero-order valence-electron chi connectivity index (χ0n) is 19.8. The Balaban J connectivity index is 1.12. The summed E-state index contributed by atoms with van der Waals surface area (Å²) in [5.74, 6) is 1.57. The van der Waals surface area contributed by atoms with E-state index >= 15 is 0 Å². The number of aromatic nitrogens is 3. The molecule has 1 amide bonds. The normalized spacial score (nSPS) is 21.4. The molecule has 2 aliphatic rings. The molecule has 12 heteroatoms. The predicted molar refractivity (Wildman–Crippen MR) is 123 cm³/mol. The predicted octanol–water partition coefficient (Wildman–Crippen LogP) is 3.91. The lowest BCUT2D eigenvalue weighted by Gasteiger charge is -2.25. The van der Waals surface area contributed by atoms with Crippen molar-refractivity contribution in [3.8, 4) is 17.3 Å². The molecule has 3 heterocycles. The van der Waals surface area contributed by atoms with Crippen molar-refractivity contribution in [2.24, 2.45) is 11.8 Å². The molecule has 1 unspecified atom stereocenters. The number of aromatic hydroxyl groups is 1. The van der Waals surface area contributed by atoms with Crippen molar-refractivity contribution < 1.29 is 37.3 Å². The van der Waals surface area contributed by atoms with Crippen LogP contribution in [0.1, 0.15) is 17.2 Å². The van der Waals surface area contributed by atoms with Gasteiger partial charge in [0.1, 0.15) is 11.5 Å². The van der Waals surface area contributed by atoms with Crippen molar-refractivity contribution >= 4 is 6.09 Å². The second-order valence-electron chi connectivity index (χ2n) is 9.10. The SMILES string of the molecule is COc1ccc(COC[C@@H](OC(=O)N2C[C@@H]3C(c4ccn(-c5ccc(O)cn5)n4)[C@@H]3C2)C(F)(F)F)cc1. The fourth-order valence-corrected chi connectivity index (χ4v) is 4.67. The van der Waals surface area contributed by atoms with Crippen molar-refractivity contribution in [3.63, 3.8) is 0 Å². The largest absolute Gasteiger partial charge is 0.506 e. The molecule has 1 saturated heterocycles. The summed E-state index contributed by atoms with van der Waals surface area (Å²) in [6.07, 6.45) is -5.03. The van der Waals surface area contributed by atoms with Crippen LogP contribution in [0, 0.1) is 11.8 Å². The van der Waals surface area contributed by atoms with Gasteiger partial charge in [0.05, 0.1) is 32.2 Å². The van der Waals surface area contributed by atoms with Crippen LogP contribution in [-0.2, 0) is 16.1 Å². The van der Waals surface area contributed by atoms with E-state index in [0.717, 1.165) is 5.69 Å². The molecule has 0 spiro atoms. The van der Waals surface area contributed by atoms with Gasteiger partial charge in [-0.3, -0.25) is 0 Å². The van der Waals surface area contributed by atoms with Crippen molar-refractivity contribution in [2.75, 3.05) is 26.8 Å². The van der Waals surface area contributed by atoms with Gasteiger partial charge in [0, 0.05) is 25.2 Å². The summed E-state index contributed by atoms with van der Waals surface area (Å²) in [6, 6.07) is 11.7. The third kappa shape index (κ3) is 5.48. The zero-order valence-corrected chi connectivity index (χ0v) is 19.8. The Hall–Kier alpha value is -3.80. The third-order valence-electron chi connectivity index (χ3n) is 6.68. The molecule has 1 aliphatic carbocycles. The number of hydrogen-bond acceptors (Lipinski definition) is 7. The molecule has 1 N–H and O–H groups in total. The maximum Gasteiger partial charge on any atom is 0.427 e. The highest BCUT2D eigenvalue weighted by atomic mass is 19.4. The fraction of sp³-hybridized carbons (Fsp3) is 0.400. The van der Waals surface area contributed by atoms with Crippen LogP contribution in [0.15, 0.2) is 54.9 Å². The van der Waals surface area contributed by atoms with E-state index in [1.807, 2.05) is 6.07 Å². The van der Waals surface area contributed by atoms with Crippen molar-refractivity contribution in [2.45, 2.75) is 24.8 Å². The van der Waals surface area contributed by atoms with Crippen LogP contribution in [0.3, 0.4) is 0 Å². The number of halogens is 3. The van der Waals surface area contributed by atoms with Crippen LogP contribution in [0.2, 0.25) is 0 Å². The minimum Gasteiger partial charge on any atom is -0.506 e. The molecule has 37 heavy (non-hydrogen) atoms. The Morgan fingerprint density at radius 1 is 1.14 bits per heavy atom. The van der Waals surface area contributed by atoms with Crippen LogP contribution in [0.25, 0.3) is 5.82 Å². The van der Waals surface area contributed by atoms with Gasteiger partial charge in [-0.15, -0.1) is 0 Å². The Morgan fingerprint density at radius 2 is 1.86 bits per heavy atom. The van der Waals surface area contributed by atoms with Crippen LogP contribution >= 0.6 is 0 Å². The average Bonchev–Trinajstić information content (AvgIpc) is 3.21. The molecular formula is C25H25F3N4O5. The Morgan fingerprint density at radius 3 is 2.49 bits per heavy atom. The lowest BCUT2D eigenvalue weighted by Crippen LogP contribution is -2.42. The number of nitrogens with zero attached hydrogens (tertiary/aromatic N) is 4. The number of alkyl halides is 3. The second kappa shape index (κ2) is 9.92. The number of carbonyl (C=O) groups excluding carboxylic acids is 1. The van der Waals surface area contributed by atoms with Gasteiger partial charge >= 0.3 is 12.3 Å². The number of pyridine rings is 1. The molecule has 1 aromatic carbocycles. The highest BCUT2D eigenvalue weighted by molar-refractivity contribution is 5.69. The highest BCUT2D eigenvalue weighted by Gasteiger charge is 2.59. The number of hydrogen-bond donors (Lipinski definition) is 1. The number of fused-ring (bicyclic) bond motifs is 1. The molecule has 3 aromatic rings. The van der Waals surface area contributed by atoms with Gasteiger partial charge in [-0.25, -0.2) is 14.5 Å². The molecular weight excluding hydrogens is 493 g/mol. The van der Waals surface area contributed by atoms with E-state index in [4.69, 9.17) is 14.2 Å². The quantitative estimate of drug-likeness (QED) is 0.483. The third-order valence-corrected chi connectivity index (χ3v) is 6.68. The monoisotopic (exact) mass is 518 g/mol. The zero-order chi connectivity index (χ0) is 26.2. The van der Waals surface area contributed by atoms with Gasteiger partial charge in [0.15, 0.2) is 5.82 Å². The number of likely N-dealkylation sites (tertiary alicyclic amines) is 1. The first-order chi connectivity index (χ1) is 17.7. The molecule has 9 nitrogen and oxygen atoms in total. The second-order valence-corrected chi connectivity index (χ2v) is 9.10. The molecule has 4 atom stereocenters. The smallest absolute Gasteiger partial charge is 0.427 e. The summed E-state index contributed by atoms with van der Waals surface area (Å²) in [4.78, 5) is 17.9. The van der Waals surface area contributed by atoms with E-state index < -0.39 is 25.0 Å². The van der Waals surface area contributed by atoms with Gasteiger partial charge in [-0.05, 0) is 47.7 Å². The van der Waals surface area contributed by atoms with E-state index in [9.17, 15) is 23.1 Å². The van der Waals surface area contributed by atoms with E-state index in [1.165, 1.54) is 24.3 Å². The first-order valence-electron chi connectivity index (χ1n) is 11.7. The highest BCUT2D eigenvalue weighted by Crippen LogP contribution is 2.57. The van der Waals surface area contributed by atoms with Crippen LogP contribution < -0.4 is 4.74 Å². The van der Waals surface area contributed by atoms with Crippen LogP contribution in [0.4, 0.5) is 18.0 Å². The minimum atomic E-state index is -4.75. The molecule has 196 valence electrons. The average molecular weight is 518 g/mol. The number of ether oxygens (including phenoxy) is 3. The van der Waals surface area contributed by atoms with Gasteiger partial charge in [0.25, 0.3) is 0 Å². The van der Waals surface area contributed by atoms with Crippen molar-refractivity contribution in [3.05, 3.63) is 66.1 Å². The van der Waals surface area contributed by atoms with E-state index in [2.05, 4.69) is 10.1 Å². The minimum absolute atomic E-state index is 0.0522. The molecule has 1 saturated carbocycles. The number of methoxy groups -OCH3 is 1. The summed E-state index contributed by atoms with van der Waals surface area (Å²) in [6.45, 7) is -0.255. The number of rotatable bonds is 8. The summed E-state index contributed by atoms with van der Waals surface area (Å²) in [5, 5.41) is 13.9.